The predicted molar refractivity (Wildman–Crippen MR) is 75.6 cm³/mol. The highest BCUT2D eigenvalue weighted by Crippen LogP contribution is 2.41. The molecule has 0 saturated carbocycles. The summed E-state index contributed by atoms with van der Waals surface area (Å²) >= 11 is 0. The van der Waals surface area contributed by atoms with E-state index in [0.29, 0.717) is 0 Å². The average molecular weight is 255 g/mol. The molecule has 1 aliphatic rings. The molecule has 19 heavy (non-hydrogen) atoms. The predicted octanol–water partition coefficient (Wildman–Crippen LogP) is 3.59. The van der Waals surface area contributed by atoms with Gasteiger partial charge in [-0.2, -0.15) is 0 Å². The van der Waals surface area contributed by atoms with Crippen molar-refractivity contribution in [2.75, 3.05) is 0 Å². The van der Waals surface area contributed by atoms with Gasteiger partial charge >= 0.3 is 0 Å². The Balaban J connectivity index is 2.19. The molecule has 1 aliphatic carbocycles. The fourth-order valence-electron chi connectivity index (χ4n) is 3.17. The smallest absolute Gasteiger partial charge is 0.123 e. The van der Waals surface area contributed by atoms with E-state index in [-0.39, 0.29) is 5.82 Å². The van der Waals surface area contributed by atoms with Crippen molar-refractivity contribution in [3.05, 3.63) is 70.0 Å². The molecule has 2 aromatic rings. The van der Waals surface area contributed by atoms with E-state index in [1.165, 1.54) is 17.2 Å². The van der Waals surface area contributed by atoms with Crippen LogP contribution in [0.1, 0.15) is 34.2 Å². The fourth-order valence-corrected chi connectivity index (χ4v) is 3.17. The molecule has 1 nitrogen and oxygen atoms in total. The molecule has 0 radical (unpaired) electrons. The maximum absolute atomic E-state index is 13.3. The van der Waals surface area contributed by atoms with Crippen LogP contribution in [0.25, 0.3) is 0 Å². The van der Waals surface area contributed by atoms with Gasteiger partial charge in [0.25, 0.3) is 0 Å². The van der Waals surface area contributed by atoms with Crippen LogP contribution in [0.2, 0.25) is 0 Å². The van der Waals surface area contributed by atoms with Crippen LogP contribution in [-0.2, 0) is 12.0 Å². The minimum absolute atomic E-state index is 0.177. The summed E-state index contributed by atoms with van der Waals surface area (Å²) in [4.78, 5) is 0. The first kappa shape index (κ1) is 12.4. The van der Waals surface area contributed by atoms with Crippen molar-refractivity contribution >= 4 is 0 Å². The van der Waals surface area contributed by atoms with Crippen molar-refractivity contribution in [2.45, 2.75) is 32.2 Å². The van der Waals surface area contributed by atoms with Gasteiger partial charge < -0.3 is 5.73 Å². The van der Waals surface area contributed by atoms with Crippen molar-refractivity contribution in [1.29, 1.82) is 0 Å². The normalized spacial score (nSPS) is 21.5. The number of hydrogen-bond acceptors (Lipinski definition) is 1. The van der Waals surface area contributed by atoms with E-state index in [4.69, 9.17) is 5.73 Å². The Kier molecular flexibility index (Phi) is 2.72. The highest BCUT2D eigenvalue weighted by atomic mass is 19.1. The molecule has 98 valence electrons. The molecule has 1 atom stereocenters. The van der Waals surface area contributed by atoms with E-state index in [0.717, 1.165) is 29.5 Å². The zero-order valence-electron chi connectivity index (χ0n) is 11.3. The zero-order valence-corrected chi connectivity index (χ0v) is 11.3. The van der Waals surface area contributed by atoms with Gasteiger partial charge in [0.1, 0.15) is 5.82 Å². The second-order valence-electron chi connectivity index (χ2n) is 5.59. The summed E-state index contributed by atoms with van der Waals surface area (Å²) < 4.78 is 13.3. The Hall–Kier alpha value is -1.67. The third kappa shape index (κ3) is 1.87. The molecule has 0 aromatic heterocycles. The van der Waals surface area contributed by atoms with E-state index in [1.807, 2.05) is 6.07 Å². The van der Waals surface area contributed by atoms with Crippen LogP contribution >= 0.6 is 0 Å². The molecule has 2 N–H and O–H groups in total. The minimum Gasteiger partial charge on any atom is -0.318 e. The van der Waals surface area contributed by atoms with Gasteiger partial charge in [-0.15, -0.1) is 0 Å². The Bertz CT molecular complexity index is 648. The first-order chi connectivity index (χ1) is 9.00. The lowest BCUT2D eigenvalue weighted by Crippen LogP contribution is -2.36. The number of benzene rings is 2. The van der Waals surface area contributed by atoms with E-state index in [1.54, 1.807) is 6.07 Å². The standard InChI is InChI=1S/C17H18FN/c1-11-3-4-12(2)16(9-11)17(19)8-7-13-10-14(18)5-6-15(13)17/h3-6,9-10H,7-8,19H2,1-2H3. The third-order valence-corrected chi connectivity index (χ3v) is 4.21. The van der Waals surface area contributed by atoms with Crippen LogP contribution in [0.5, 0.6) is 0 Å². The topological polar surface area (TPSA) is 26.0 Å². The largest absolute Gasteiger partial charge is 0.318 e. The Morgan fingerprint density at radius 3 is 2.63 bits per heavy atom. The van der Waals surface area contributed by atoms with Crippen LogP contribution in [0, 0.1) is 19.7 Å². The lowest BCUT2D eigenvalue weighted by Gasteiger charge is -2.28. The summed E-state index contributed by atoms with van der Waals surface area (Å²) in [6.45, 7) is 4.16. The van der Waals surface area contributed by atoms with Gasteiger partial charge in [-0.05, 0) is 61.1 Å². The van der Waals surface area contributed by atoms with E-state index < -0.39 is 5.54 Å². The van der Waals surface area contributed by atoms with E-state index in [2.05, 4.69) is 32.0 Å². The molecular weight excluding hydrogens is 237 g/mol. The monoisotopic (exact) mass is 255 g/mol. The second kappa shape index (κ2) is 4.17. The van der Waals surface area contributed by atoms with Gasteiger partial charge in [0.05, 0.1) is 5.54 Å². The summed E-state index contributed by atoms with van der Waals surface area (Å²) in [5.41, 5.74) is 11.9. The number of rotatable bonds is 1. The van der Waals surface area contributed by atoms with Crippen LogP contribution in [0.3, 0.4) is 0 Å². The summed E-state index contributed by atoms with van der Waals surface area (Å²) in [5.74, 6) is -0.177. The summed E-state index contributed by atoms with van der Waals surface area (Å²) in [6, 6.07) is 11.3. The Morgan fingerprint density at radius 1 is 1.05 bits per heavy atom. The molecule has 0 bridgehead atoms. The maximum Gasteiger partial charge on any atom is 0.123 e. The van der Waals surface area contributed by atoms with Gasteiger partial charge in [0.15, 0.2) is 0 Å². The van der Waals surface area contributed by atoms with Crippen molar-refractivity contribution in [2.24, 2.45) is 5.73 Å². The van der Waals surface area contributed by atoms with Crippen molar-refractivity contribution < 1.29 is 4.39 Å². The number of halogens is 1. The highest BCUT2D eigenvalue weighted by molar-refractivity contribution is 5.50. The quantitative estimate of drug-likeness (QED) is 0.828. The lowest BCUT2D eigenvalue weighted by atomic mass is 9.82. The van der Waals surface area contributed by atoms with Crippen molar-refractivity contribution in [1.82, 2.24) is 0 Å². The molecule has 0 saturated heterocycles. The molecule has 0 fully saturated rings. The number of aryl methyl sites for hydroxylation is 3. The molecule has 2 aromatic carbocycles. The van der Waals surface area contributed by atoms with Gasteiger partial charge in [0, 0.05) is 0 Å². The minimum atomic E-state index is -0.473. The first-order valence-electron chi connectivity index (χ1n) is 6.66. The van der Waals surface area contributed by atoms with Crippen LogP contribution in [-0.4, -0.2) is 0 Å². The zero-order chi connectivity index (χ0) is 13.6. The summed E-state index contributed by atoms with van der Waals surface area (Å²) in [7, 11) is 0. The van der Waals surface area contributed by atoms with Crippen LogP contribution in [0.4, 0.5) is 4.39 Å². The van der Waals surface area contributed by atoms with Gasteiger partial charge in [-0.3, -0.25) is 0 Å². The van der Waals surface area contributed by atoms with Crippen molar-refractivity contribution in [3.63, 3.8) is 0 Å². The summed E-state index contributed by atoms with van der Waals surface area (Å²) in [5, 5.41) is 0. The fraction of sp³-hybridized carbons (Fsp3) is 0.294. The Labute approximate surface area is 113 Å². The molecule has 0 heterocycles. The maximum atomic E-state index is 13.3. The van der Waals surface area contributed by atoms with Crippen LogP contribution < -0.4 is 5.73 Å². The molecule has 0 aliphatic heterocycles. The molecular formula is C17H18FN. The molecule has 2 heteroatoms. The second-order valence-corrected chi connectivity index (χ2v) is 5.59. The van der Waals surface area contributed by atoms with Gasteiger partial charge in [-0.1, -0.05) is 29.8 Å². The van der Waals surface area contributed by atoms with Crippen molar-refractivity contribution in [3.8, 4) is 0 Å². The number of nitrogens with two attached hydrogens (primary N) is 1. The SMILES string of the molecule is Cc1ccc(C)c(C2(N)CCc3cc(F)ccc32)c1. The summed E-state index contributed by atoms with van der Waals surface area (Å²) in [6.07, 6.45) is 1.69. The van der Waals surface area contributed by atoms with Gasteiger partial charge in [0.2, 0.25) is 0 Å². The third-order valence-electron chi connectivity index (χ3n) is 4.21. The lowest BCUT2D eigenvalue weighted by molar-refractivity contribution is 0.531. The highest BCUT2D eigenvalue weighted by Gasteiger charge is 2.37. The van der Waals surface area contributed by atoms with E-state index in [9.17, 15) is 4.39 Å². The molecule has 3 rings (SSSR count). The molecule has 1 unspecified atom stereocenters. The van der Waals surface area contributed by atoms with E-state index >= 15 is 0 Å². The number of hydrogen-bond donors (Lipinski definition) is 1. The molecule has 0 spiro atoms. The average Bonchev–Trinajstić information content (AvgIpc) is 2.70. The number of fused-ring (bicyclic) bond motifs is 1. The Morgan fingerprint density at radius 2 is 1.84 bits per heavy atom. The van der Waals surface area contributed by atoms with Crippen LogP contribution in [0.15, 0.2) is 36.4 Å². The molecule has 0 amide bonds. The van der Waals surface area contributed by atoms with Gasteiger partial charge in [-0.25, -0.2) is 4.39 Å². The first-order valence-corrected chi connectivity index (χ1v) is 6.66.